The highest BCUT2D eigenvalue weighted by molar-refractivity contribution is 6.35. The SMILES string of the molecule is CC[C@H](C)NC(=O)C(=O)NCc1ccc2c(c1)OCO2. The van der Waals surface area contributed by atoms with Gasteiger partial charge >= 0.3 is 11.8 Å². The molecule has 6 nitrogen and oxygen atoms in total. The molecule has 1 aliphatic rings. The van der Waals surface area contributed by atoms with Crippen molar-refractivity contribution >= 4 is 11.8 Å². The second kappa shape index (κ2) is 6.27. The molecule has 0 fully saturated rings. The average Bonchev–Trinajstić information content (AvgIpc) is 2.91. The normalized spacial score (nSPS) is 13.7. The van der Waals surface area contributed by atoms with Crippen molar-refractivity contribution < 1.29 is 19.1 Å². The van der Waals surface area contributed by atoms with Crippen molar-refractivity contribution in [2.45, 2.75) is 32.9 Å². The predicted molar refractivity (Wildman–Crippen MR) is 72.3 cm³/mol. The molecule has 1 aromatic carbocycles. The first-order chi connectivity index (χ1) is 9.60. The van der Waals surface area contributed by atoms with E-state index in [9.17, 15) is 9.59 Å². The lowest BCUT2D eigenvalue weighted by atomic mass is 10.2. The standard InChI is InChI=1S/C14H18N2O4/c1-3-9(2)16-14(18)13(17)15-7-10-4-5-11-12(6-10)20-8-19-11/h4-6,9H,3,7-8H2,1-2H3,(H,15,17)(H,16,18)/t9-/m0/s1. The van der Waals surface area contributed by atoms with Gasteiger partial charge in [0.2, 0.25) is 6.79 Å². The van der Waals surface area contributed by atoms with Gasteiger partial charge in [0.25, 0.3) is 0 Å². The molecule has 0 spiro atoms. The molecule has 20 heavy (non-hydrogen) atoms. The van der Waals surface area contributed by atoms with Crippen LogP contribution >= 0.6 is 0 Å². The number of amides is 2. The summed E-state index contributed by atoms with van der Waals surface area (Å²) in [6.07, 6.45) is 0.779. The Bertz CT molecular complexity index is 516. The molecule has 0 bridgehead atoms. The second-order valence-electron chi connectivity index (χ2n) is 4.65. The Labute approximate surface area is 117 Å². The quantitative estimate of drug-likeness (QED) is 0.804. The number of ether oxygens (including phenoxy) is 2. The highest BCUT2D eigenvalue weighted by Gasteiger charge is 2.16. The number of carbonyl (C=O) groups is 2. The number of benzene rings is 1. The molecule has 2 amide bonds. The van der Waals surface area contributed by atoms with E-state index in [1.165, 1.54) is 0 Å². The molecule has 0 aliphatic carbocycles. The summed E-state index contributed by atoms with van der Waals surface area (Å²) in [4.78, 5) is 23.2. The van der Waals surface area contributed by atoms with Crippen LogP contribution in [-0.2, 0) is 16.1 Å². The average molecular weight is 278 g/mol. The minimum Gasteiger partial charge on any atom is -0.454 e. The van der Waals surface area contributed by atoms with Crippen LogP contribution in [0.25, 0.3) is 0 Å². The topological polar surface area (TPSA) is 76.7 Å². The summed E-state index contributed by atoms with van der Waals surface area (Å²) in [6.45, 7) is 4.27. The number of rotatable bonds is 4. The Balaban J connectivity index is 1.85. The van der Waals surface area contributed by atoms with E-state index in [1.54, 1.807) is 12.1 Å². The maximum absolute atomic E-state index is 11.6. The Morgan fingerprint density at radius 2 is 2.00 bits per heavy atom. The highest BCUT2D eigenvalue weighted by atomic mass is 16.7. The van der Waals surface area contributed by atoms with Crippen molar-refractivity contribution in [3.63, 3.8) is 0 Å². The van der Waals surface area contributed by atoms with Gasteiger partial charge in [0.1, 0.15) is 0 Å². The minimum atomic E-state index is -0.636. The molecule has 1 atom stereocenters. The number of fused-ring (bicyclic) bond motifs is 1. The van der Waals surface area contributed by atoms with Crippen molar-refractivity contribution in [1.82, 2.24) is 10.6 Å². The van der Waals surface area contributed by atoms with Gasteiger partial charge in [-0.1, -0.05) is 13.0 Å². The molecule has 1 aliphatic heterocycles. The van der Waals surface area contributed by atoms with Crippen LogP contribution in [0.4, 0.5) is 0 Å². The van der Waals surface area contributed by atoms with Gasteiger partial charge in [-0.15, -0.1) is 0 Å². The first-order valence-electron chi connectivity index (χ1n) is 6.57. The van der Waals surface area contributed by atoms with Crippen molar-refractivity contribution in [1.29, 1.82) is 0 Å². The van der Waals surface area contributed by atoms with Gasteiger partial charge in [-0.05, 0) is 31.0 Å². The first-order valence-corrected chi connectivity index (χ1v) is 6.57. The molecule has 2 rings (SSSR count). The van der Waals surface area contributed by atoms with E-state index in [4.69, 9.17) is 9.47 Å². The summed E-state index contributed by atoms with van der Waals surface area (Å²) in [7, 11) is 0. The maximum Gasteiger partial charge on any atom is 0.309 e. The van der Waals surface area contributed by atoms with Gasteiger partial charge in [-0.2, -0.15) is 0 Å². The maximum atomic E-state index is 11.6. The van der Waals surface area contributed by atoms with E-state index in [1.807, 2.05) is 19.9 Å². The monoisotopic (exact) mass is 278 g/mol. The number of hydrogen-bond acceptors (Lipinski definition) is 4. The van der Waals surface area contributed by atoms with E-state index in [0.29, 0.717) is 11.5 Å². The smallest absolute Gasteiger partial charge is 0.309 e. The van der Waals surface area contributed by atoms with Crippen LogP contribution in [0.2, 0.25) is 0 Å². The van der Waals surface area contributed by atoms with Crippen molar-refractivity contribution in [3.05, 3.63) is 23.8 Å². The van der Waals surface area contributed by atoms with Crippen LogP contribution < -0.4 is 20.1 Å². The van der Waals surface area contributed by atoms with Crippen LogP contribution in [-0.4, -0.2) is 24.6 Å². The highest BCUT2D eigenvalue weighted by Crippen LogP contribution is 2.32. The van der Waals surface area contributed by atoms with Crippen LogP contribution in [0, 0.1) is 0 Å². The minimum absolute atomic E-state index is 0.0150. The largest absolute Gasteiger partial charge is 0.454 e. The van der Waals surface area contributed by atoms with Crippen LogP contribution in [0.15, 0.2) is 18.2 Å². The zero-order valence-corrected chi connectivity index (χ0v) is 11.6. The number of carbonyl (C=O) groups excluding carboxylic acids is 2. The van der Waals surface area contributed by atoms with Crippen LogP contribution in [0.1, 0.15) is 25.8 Å². The summed E-state index contributed by atoms with van der Waals surface area (Å²) < 4.78 is 10.4. The van der Waals surface area contributed by atoms with Crippen molar-refractivity contribution in [3.8, 4) is 11.5 Å². The molecule has 6 heteroatoms. The Morgan fingerprint density at radius 1 is 1.25 bits per heavy atom. The van der Waals surface area contributed by atoms with Crippen molar-refractivity contribution in [2.75, 3.05) is 6.79 Å². The van der Waals surface area contributed by atoms with Gasteiger partial charge in [0, 0.05) is 12.6 Å². The molecule has 2 N–H and O–H groups in total. The van der Waals surface area contributed by atoms with E-state index < -0.39 is 11.8 Å². The summed E-state index contributed by atoms with van der Waals surface area (Å²) >= 11 is 0. The molecule has 0 saturated carbocycles. The van der Waals surface area contributed by atoms with Gasteiger partial charge in [0.15, 0.2) is 11.5 Å². The van der Waals surface area contributed by atoms with E-state index >= 15 is 0 Å². The molecular weight excluding hydrogens is 260 g/mol. The van der Waals surface area contributed by atoms with Crippen molar-refractivity contribution in [2.24, 2.45) is 0 Å². The molecule has 0 aromatic heterocycles. The third-order valence-electron chi connectivity index (χ3n) is 3.09. The van der Waals surface area contributed by atoms with Crippen LogP contribution in [0.3, 0.4) is 0 Å². The molecule has 1 aromatic rings. The fourth-order valence-corrected chi connectivity index (χ4v) is 1.70. The lowest BCUT2D eigenvalue weighted by molar-refractivity contribution is -0.139. The molecule has 0 radical (unpaired) electrons. The molecule has 0 unspecified atom stereocenters. The summed E-state index contributed by atoms with van der Waals surface area (Å²) in [6, 6.07) is 5.37. The molecule has 1 heterocycles. The lowest BCUT2D eigenvalue weighted by Crippen LogP contribution is -2.43. The summed E-state index contributed by atoms with van der Waals surface area (Å²) in [5.74, 6) is 0.0958. The van der Waals surface area contributed by atoms with Gasteiger partial charge in [0.05, 0.1) is 0 Å². The van der Waals surface area contributed by atoms with Gasteiger partial charge < -0.3 is 20.1 Å². The Kier molecular flexibility index (Phi) is 4.45. The van der Waals surface area contributed by atoms with E-state index in [0.717, 1.165) is 12.0 Å². The molecular formula is C14H18N2O4. The molecule has 0 saturated heterocycles. The first kappa shape index (κ1) is 14.2. The van der Waals surface area contributed by atoms with E-state index in [-0.39, 0.29) is 19.4 Å². The fourth-order valence-electron chi connectivity index (χ4n) is 1.70. The van der Waals surface area contributed by atoms with Gasteiger partial charge in [-0.25, -0.2) is 0 Å². The fraction of sp³-hybridized carbons (Fsp3) is 0.429. The number of nitrogens with one attached hydrogen (secondary N) is 2. The third kappa shape index (κ3) is 3.40. The van der Waals surface area contributed by atoms with Crippen LogP contribution in [0.5, 0.6) is 11.5 Å². The summed E-state index contributed by atoms with van der Waals surface area (Å²) in [5, 5.41) is 5.18. The third-order valence-corrected chi connectivity index (χ3v) is 3.09. The Hall–Kier alpha value is -2.24. The molecule has 108 valence electrons. The zero-order valence-electron chi connectivity index (χ0n) is 11.6. The predicted octanol–water partition coefficient (Wildman–Crippen LogP) is 0.946. The lowest BCUT2D eigenvalue weighted by Gasteiger charge is -2.11. The summed E-state index contributed by atoms with van der Waals surface area (Å²) in [5.41, 5.74) is 0.846. The van der Waals surface area contributed by atoms with E-state index in [2.05, 4.69) is 10.6 Å². The number of hydrogen-bond donors (Lipinski definition) is 2. The zero-order chi connectivity index (χ0) is 14.5. The second-order valence-corrected chi connectivity index (χ2v) is 4.65. The van der Waals surface area contributed by atoms with Gasteiger partial charge in [-0.3, -0.25) is 9.59 Å². The Morgan fingerprint density at radius 3 is 2.75 bits per heavy atom.